The Morgan fingerprint density at radius 2 is 2.12 bits per heavy atom. The van der Waals surface area contributed by atoms with E-state index >= 15 is 0 Å². The Hall–Kier alpha value is -1.37. The molecular formula is C10H9BO4S. The molecule has 0 saturated carbocycles. The first kappa shape index (κ1) is 11.1. The average molecular weight is 236 g/mol. The number of fused-ring (bicyclic) bond motifs is 1. The van der Waals surface area contributed by atoms with Gasteiger partial charge >= 0.3 is 13.1 Å². The summed E-state index contributed by atoms with van der Waals surface area (Å²) in [5.41, 5.74) is 0.404. The van der Waals surface area contributed by atoms with Gasteiger partial charge in [0.1, 0.15) is 4.88 Å². The van der Waals surface area contributed by atoms with Gasteiger partial charge in [-0.2, -0.15) is 0 Å². The third-order valence-corrected chi connectivity index (χ3v) is 3.32. The van der Waals surface area contributed by atoms with Gasteiger partial charge in [-0.25, -0.2) is 4.79 Å². The molecule has 0 radical (unpaired) electrons. The fourth-order valence-electron chi connectivity index (χ4n) is 1.42. The van der Waals surface area contributed by atoms with Crippen LogP contribution in [0, 0.1) is 0 Å². The van der Waals surface area contributed by atoms with E-state index in [4.69, 9.17) is 10.0 Å². The highest BCUT2D eigenvalue weighted by atomic mass is 32.1. The summed E-state index contributed by atoms with van der Waals surface area (Å²) in [6, 6.07) is 6.69. The van der Waals surface area contributed by atoms with Crippen LogP contribution in [0.3, 0.4) is 0 Å². The van der Waals surface area contributed by atoms with Gasteiger partial charge in [-0.05, 0) is 23.0 Å². The van der Waals surface area contributed by atoms with Gasteiger partial charge < -0.3 is 14.8 Å². The molecule has 82 valence electrons. The number of carbonyl (C=O) groups is 1. The monoisotopic (exact) mass is 236 g/mol. The molecule has 0 saturated heterocycles. The number of carbonyl (C=O) groups excluding carboxylic acids is 1. The van der Waals surface area contributed by atoms with E-state index in [0.717, 1.165) is 10.1 Å². The van der Waals surface area contributed by atoms with Crippen LogP contribution in [0.15, 0.2) is 24.3 Å². The summed E-state index contributed by atoms with van der Waals surface area (Å²) < 4.78 is 5.52. The Morgan fingerprint density at radius 1 is 1.38 bits per heavy atom. The third-order valence-electron chi connectivity index (χ3n) is 2.23. The van der Waals surface area contributed by atoms with Gasteiger partial charge in [0.25, 0.3) is 0 Å². The van der Waals surface area contributed by atoms with Crippen molar-refractivity contribution >= 4 is 40.0 Å². The lowest BCUT2D eigenvalue weighted by molar-refractivity contribution is 0.0606. The first-order valence-electron chi connectivity index (χ1n) is 4.60. The molecule has 0 fully saturated rings. The van der Waals surface area contributed by atoms with Crippen molar-refractivity contribution in [1.29, 1.82) is 0 Å². The summed E-state index contributed by atoms with van der Waals surface area (Å²) in [4.78, 5) is 11.8. The van der Waals surface area contributed by atoms with Crippen LogP contribution < -0.4 is 5.46 Å². The van der Waals surface area contributed by atoms with Crippen LogP contribution in [0.4, 0.5) is 0 Å². The van der Waals surface area contributed by atoms with E-state index in [1.807, 2.05) is 0 Å². The maximum Gasteiger partial charge on any atom is 0.488 e. The molecule has 2 N–H and O–H groups in total. The molecule has 0 aliphatic rings. The highest BCUT2D eigenvalue weighted by molar-refractivity contribution is 7.20. The maximum absolute atomic E-state index is 11.3. The largest absolute Gasteiger partial charge is 0.488 e. The zero-order chi connectivity index (χ0) is 11.7. The predicted octanol–water partition coefficient (Wildman–Crippen LogP) is 0.368. The summed E-state index contributed by atoms with van der Waals surface area (Å²) in [7, 11) is -0.166. The van der Waals surface area contributed by atoms with E-state index in [9.17, 15) is 4.79 Å². The van der Waals surface area contributed by atoms with Gasteiger partial charge in [-0.3, -0.25) is 0 Å². The first-order valence-corrected chi connectivity index (χ1v) is 5.41. The van der Waals surface area contributed by atoms with Crippen LogP contribution in [0.1, 0.15) is 9.67 Å². The number of ether oxygens (including phenoxy) is 1. The van der Waals surface area contributed by atoms with E-state index in [2.05, 4.69) is 4.74 Å². The molecule has 0 unspecified atom stereocenters. The zero-order valence-corrected chi connectivity index (χ0v) is 9.32. The van der Waals surface area contributed by atoms with Crippen molar-refractivity contribution in [2.75, 3.05) is 7.11 Å². The SMILES string of the molecule is COC(=O)c1cc2cc(B(O)O)ccc2s1. The molecule has 1 aromatic heterocycles. The van der Waals surface area contributed by atoms with Gasteiger partial charge in [0.2, 0.25) is 0 Å². The molecule has 6 heteroatoms. The molecular weight excluding hydrogens is 227 g/mol. The van der Waals surface area contributed by atoms with E-state index in [1.54, 1.807) is 24.3 Å². The zero-order valence-electron chi connectivity index (χ0n) is 8.51. The first-order chi connectivity index (χ1) is 7.61. The van der Waals surface area contributed by atoms with Crippen molar-refractivity contribution < 1.29 is 19.6 Å². The highest BCUT2D eigenvalue weighted by Crippen LogP contribution is 2.25. The fourth-order valence-corrected chi connectivity index (χ4v) is 2.38. The van der Waals surface area contributed by atoms with Gasteiger partial charge in [0.05, 0.1) is 7.11 Å². The summed E-state index contributed by atoms with van der Waals surface area (Å²) in [5.74, 6) is -0.382. The second kappa shape index (κ2) is 4.25. The molecule has 0 amide bonds. The van der Waals surface area contributed by atoms with Crippen LogP contribution in [0.2, 0.25) is 0 Å². The standard InChI is InChI=1S/C10H9BO4S/c1-15-10(12)9-5-6-4-7(11(13)14)2-3-8(6)16-9/h2-5,13-14H,1H3. The minimum absolute atomic E-state index is 0.382. The van der Waals surface area contributed by atoms with Crippen LogP contribution in [0.5, 0.6) is 0 Å². The molecule has 2 aromatic rings. The molecule has 0 atom stereocenters. The lowest BCUT2D eigenvalue weighted by Crippen LogP contribution is -2.29. The Balaban J connectivity index is 2.50. The number of hydrogen-bond donors (Lipinski definition) is 2. The lowest BCUT2D eigenvalue weighted by Gasteiger charge is -1.97. The number of esters is 1. The average Bonchev–Trinajstić information content (AvgIpc) is 2.70. The third kappa shape index (κ3) is 1.95. The molecule has 0 aliphatic heterocycles. The van der Waals surface area contributed by atoms with Gasteiger partial charge in [-0.15, -0.1) is 11.3 Å². The number of thiophene rings is 1. The van der Waals surface area contributed by atoms with Gasteiger partial charge in [0.15, 0.2) is 0 Å². The van der Waals surface area contributed by atoms with Gasteiger partial charge in [0, 0.05) is 4.70 Å². The number of benzene rings is 1. The normalized spacial score (nSPS) is 10.4. The quantitative estimate of drug-likeness (QED) is 0.583. The molecule has 1 heterocycles. The summed E-state index contributed by atoms with van der Waals surface area (Å²) in [6.45, 7) is 0. The van der Waals surface area contributed by atoms with Crippen molar-refractivity contribution in [3.8, 4) is 0 Å². The van der Waals surface area contributed by atoms with E-state index in [1.165, 1.54) is 18.4 Å². The van der Waals surface area contributed by atoms with Crippen molar-refractivity contribution in [3.05, 3.63) is 29.1 Å². The minimum Gasteiger partial charge on any atom is -0.465 e. The van der Waals surface area contributed by atoms with Crippen molar-refractivity contribution in [2.45, 2.75) is 0 Å². The summed E-state index contributed by atoms with van der Waals surface area (Å²) >= 11 is 1.31. The highest BCUT2D eigenvalue weighted by Gasteiger charge is 2.14. The second-order valence-corrected chi connectivity index (χ2v) is 4.36. The summed E-state index contributed by atoms with van der Waals surface area (Å²) in [6.07, 6.45) is 0. The predicted molar refractivity (Wildman–Crippen MR) is 63.0 cm³/mol. The van der Waals surface area contributed by atoms with E-state index < -0.39 is 7.12 Å². The fraction of sp³-hybridized carbons (Fsp3) is 0.100. The molecule has 0 spiro atoms. The Kier molecular flexibility index (Phi) is 2.96. The molecule has 0 aliphatic carbocycles. The van der Waals surface area contributed by atoms with E-state index in [-0.39, 0.29) is 5.97 Å². The Morgan fingerprint density at radius 3 is 2.75 bits per heavy atom. The summed E-state index contributed by atoms with van der Waals surface area (Å²) in [5, 5.41) is 18.8. The molecule has 4 nitrogen and oxygen atoms in total. The lowest BCUT2D eigenvalue weighted by atomic mass is 9.80. The molecule has 0 bridgehead atoms. The van der Waals surface area contributed by atoms with Crippen LogP contribution in [-0.2, 0) is 4.74 Å². The second-order valence-electron chi connectivity index (χ2n) is 3.27. The van der Waals surface area contributed by atoms with Crippen molar-refractivity contribution in [2.24, 2.45) is 0 Å². The van der Waals surface area contributed by atoms with Crippen molar-refractivity contribution in [1.82, 2.24) is 0 Å². The van der Waals surface area contributed by atoms with Crippen LogP contribution in [0.25, 0.3) is 10.1 Å². The Bertz CT molecular complexity index is 535. The van der Waals surface area contributed by atoms with Gasteiger partial charge in [-0.1, -0.05) is 12.1 Å². The smallest absolute Gasteiger partial charge is 0.465 e. The van der Waals surface area contributed by atoms with E-state index in [0.29, 0.717) is 10.3 Å². The number of methoxy groups -OCH3 is 1. The molecule has 2 rings (SSSR count). The number of hydrogen-bond acceptors (Lipinski definition) is 5. The van der Waals surface area contributed by atoms with Crippen molar-refractivity contribution in [3.63, 3.8) is 0 Å². The minimum atomic E-state index is -1.49. The topological polar surface area (TPSA) is 66.8 Å². The molecule has 1 aromatic carbocycles. The molecule has 16 heavy (non-hydrogen) atoms. The Labute approximate surface area is 96.2 Å². The number of rotatable bonds is 2. The van der Waals surface area contributed by atoms with Crippen LogP contribution in [-0.4, -0.2) is 30.2 Å². The maximum atomic E-state index is 11.3. The van der Waals surface area contributed by atoms with Crippen LogP contribution >= 0.6 is 11.3 Å².